The van der Waals surface area contributed by atoms with Crippen LogP contribution in [0.1, 0.15) is 53.6 Å². The Morgan fingerprint density at radius 1 is 1.32 bits per heavy atom. The van der Waals surface area contributed by atoms with Gasteiger partial charge in [-0.15, -0.1) is 11.3 Å². The quantitative estimate of drug-likeness (QED) is 0.931. The van der Waals surface area contributed by atoms with Crippen LogP contribution in [0, 0.1) is 18.8 Å². The average Bonchev–Trinajstić information content (AvgIpc) is 3.06. The number of hydrogen-bond donors (Lipinski definition) is 1. The van der Waals surface area contributed by atoms with Gasteiger partial charge in [0.05, 0.1) is 23.2 Å². The molecule has 1 N–H and O–H groups in total. The standard InChI is InChI=1S/C17H24N2O2S/c1-10-15(22-17(18-10)11-3-2-4-11)7-16(21)19-8-12-5-6-14(20)13(12)9-19/h11-14,20H,2-9H2,1H3/t12-,13+,14-/m0/s1. The molecule has 2 heterocycles. The molecule has 0 radical (unpaired) electrons. The van der Waals surface area contributed by atoms with Crippen molar-refractivity contribution in [2.75, 3.05) is 13.1 Å². The molecule has 1 amide bonds. The minimum absolute atomic E-state index is 0.196. The second-order valence-corrected chi connectivity index (χ2v) is 8.35. The highest BCUT2D eigenvalue weighted by atomic mass is 32.1. The van der Waals surface area contributed by atoms with E-state index in [0.717, 1.165) is 36.5 Å². The van der Waals surface area contributed by atoms with Gasteiger partial charge < -0.3 is 10.0 Å². The Morgan fingerprint density at radius 3 is 2.82 bits per heavy atom. The first-order chi connectivity index (χ1) is 10.6. The monoisotopic (exact) mass is 320 g/mol. The Balaban J connectivity index is 1.41. The Kier molecular flexibility index (Phi) is 3.73. The fraction of sp³-hybridized carbons (Fsp3) is 0.765. The third-order valence-electron chi connectivity index (χ3n) is 5.85. The Bertz CT molecular complexity index is 581. The van der Waals surface area contributed by atoms with E-state index in [0.29, 0.717) is 24.2 Å². The predicted molar refractivity (Wildman–Crippen MR) is 85.9 cm³/mol. The van der Waals surface area contributed by atoms with Gasteiger partial charge in [-0.05, 0) is 38.5 Å². The number of rotatable bonds is 3. The van der Waals surface area contributed by atoms with E-state index < -0.39 is 0 Å². The van der Waals surface area contributed by atoms with E-state index in [4.69, 9.17) is 0 Å². The molecular formula is C17H24N2O2S. The topological polar surface area (TPSA) is 53.4 Å². The maximum Gasteiger partial charge on any atom is 0.227 e. The number of thiazole rings is 1. The van der Waals surface area contributed by atoms with Gasteiger partial charge >= 0.3 is 0 Å². The number of hydrogen-bond acceptors (Lipinski definition) is 4. The number of carbonyl (C=O) groups is 1. The van der Waals surface area contributed by atoms with Gasteiger partial charge in [-0.3, -0.25) is 4.79 Å². The van der Waals surface area contributed by atoms with Gasteiger partial charge in [0.1, 0.15) is 0 Å². The summed E-state index contributed by atoms with van der Waals surface area (Å²) in [5.74, 6) is 1.70. The lowest BCUT2D eigenvalue weighted by molar-refractivity contribution is -0.129. The van der Waals surface area contributed by atoms with E-state index in [1.165, 1.54) is 24.3 Å². The van der Waals surface area contributed by atoms with Crippen molar-refractivity contribution >= 4 is 17.2 Å². The van der Waals surface area contributed by atoms with Crippen molar-refractivity contribution in [2.45, 2.75) is 57.5 Å². The second kappa shape index (κ2) is 5.60. The fourth-order valence-corrected chi connectivity index (χ4v) is 5.36. The number of aliphatic hydroxyl groups is 1. The molecule has 1 aliphatic heterocycles. The van der Waals surface area contributed by atoms with Crippen LogP contribution in [-0.2, 0) is 11.2 Å². The largest absolute Gasteiger partial charge is 0.393 e. The number of carbonyl (C=O) groups excluding carboxylic acids is 1. The number of fused-ring (bicyclic) bond motifs is 1. The molecule has 0 unspecified atom stereocenters. The van der Waals surface area contributed by atoms with E-state index in [1.807, 2.05) is 11.8 Å². The van der Waals surface area contributed by atoms with Crippen molar-refractivity contribution in [1.82, 2.24) is 9.88 Å². The molecule has 0 spiro atoms. The number of likely N-dealkylation sites (tertiary alicyclic amines) is 1. The van der Waals surface area contributed by atoms with E-state index in [1.54, 1.807) is 11.3 Å². The summed E-state index contributed by atoms with van der Waals surface area (Å²) in [5.41, 5.74) is 1.04. The normalized spacial score (nSPS) is 31.4. The summed E-state index contributed by atoms with van der Waals surface area (Å²) in [6.45, 7) is 3.62. The zero-order chi connectivity index (χ0) is 15.3. The average molecular weight is 320 g/mol. The molecular weight excluding hydrogens is 296 g/mol. The van der Waals surface area contributed by atoms with Crippen molar-refractivity contribution in [3.63, 3.8) is 0 Å². The third-order valence-corrected chi connectivity index (χ3v) is 7.17. The van der Waals surface area contributed by atoms with Crippen LogP contribution in [-0.4, -0.2) is 40.1 Å². The predicted octanol–water partition coefficient (Wildman–Crippen LogP) is 2.49. The number of aliphatic hydroxyl groups excluding tert-OH is 1. The molecule has 0 bridgehead atoms. The minimum Gasteiger partial charge on any atom is -0.393 e. The van der Waals surface area contributed by atoms with E-state index in [2.05, 4.69) is 4.98 Å². The maximum atomic E-state index is 12.6. The van der Waals surface area contributed by atoms with Crippen LogP contribution >= 0.6 is 11.3 Å². The summed E-state index contributed by atoms with van der Waals surface area (Å²) < 4.78 is 0. The number of amides is 1. The van der Waals surface area contributed by atoms with Crippen LogP contribution < -0.4 is 0 Å². The summed E-state index contributed by atoms with van der Waals surface area (Å²) in [6.07, 6.45) is 6.11. The second-order valence-electron chi connectivity index (χ2n) is 7.23. The van der Waals surface area contributed by atoms with Crippen LogP contribution in [0.15, 0.2) is 0 Å². The van der Waals surface area contributed by atoms with Gasteiger partial charge in [-0.25, -0.2) is 4.98 Å². The zero-order valence-electron chi connectivity index (χ0n) is 13.1. The summed E-state index contributed by atoms with van der Waals surface area (Å²) in [5, 5.41) is 11.2. The molecule has 1 aromatic rings. The highest BCUT2D eigenvalue weighted by molar-refractivity contribution is 7.12. The molecule has 2 aliphatic carbocycles. The first-order valence-corrected chi connectivity index (χ1v) is 9.35. The van der Waals surface area contributed by atoms with Crippen molar-refractivity contribution in [1.29, 1.82) is 0 Å². The van der Waals surface area contributed by atoms with Crippen LogP contribution in [0.3, 0.4) is 0 Å². The third kappa shape index (κ3) is 2.48. The first-order valence-electron chi connectivity index (χ1n) is 8.54. The summed E-state index contributed by atoms with van der Waals surface area (Å²) in [6, 6.07) is 0. The van der Waals surface area contributed by atoms with Crippen molar-refractivity contribution in [3.05, 3.63) is 15.6 Å². The highest BCUT2D eigenvalue weighted by Crippen LogP contribution is 2.40. The zero-order valence-corrected chi connectivity index (χ0v) is 13.9. The van der Waals surface area contributed by atoms with Gasteiger partial charge in [0.25, 0.3) is 0 Å². The molecule has 2 saturated carbocycles. The summed E-state index contributed by atoms with van der Waals surface area (Å²) >= 11 is 1.74. The molecule has 4 nitrogen and oxygen atoms in total. The lowest BCUT2D eigenvalue weighted by Crippen LogP contribution is -2.32. The first kappa shape index (κ1) is 14.6. The molecule has 3 atom stereocenters. The fourth-order valence-electron chi connectivity index (χ4n) is 4.13. The van der Waals surface area contributed by atoms with E-state index >= 15 is 0 Å². The highest BCUT2D eigenvalue weighted by Gasteiger charge is 2.43. The van der Waals surface area contributed by atoms with Crippen molar-refractivity contribution in [3.8, 4) is 0 Å². The van der Waals surface area contributed by atoms with Crippen LogP contribution in [0.5, 0.6) is 0 Å². The number of aromatic nitrogens is 1. The van der Waals surface area contributed by atoms with Crippen LogP contribution in [0.4, 0.5) is 0 Å². The van der Waals surface area contributed by atoms with Gasteiger partial charge in [0.15, 0.2) is 0 Å². The molecule has 0 aromatic carbocycles. The van der Waals surface area contributed by atoms with Gasteiger partial charge in [-0.1, -0.05) is 6.42 Å². The molecule has 1 saturated heterocycles. The van der Waals surface area contributed by atoms with E-state index in [-0.39, 0.29) is 12.0 Å². The minimum atomic E-state index is -0.196. The SMILES string of the molecule is Cc1nc(C2CCC2)sc1CC(=O)N1C[C@@H]2CC[C@H](O)[C@@H]2C1. The summed E-state index contributed by atoms with van der Waals surface area (Å²) in [7, 11) is 0. The Morgan fingerprint density at radius 2 is 2.14 bits per heavy atom. The molecule has 3 fully saturated rings. The maximum absolute atomic E-state index is 12.6. The number of aryl methyl sites for hydroxylation is 1. The molecule has 22 heavy (non-hydrogen) atoms. The van der Waals surface area contributed by atoms with Gasteiger partial charge in [0.2, 0.25) is 5.91 Å². The van der Waals surface area contributed by atoms with E-state index in [9.17, 15) is 9.90 Å². The van der Waals surface area contributed by atoms with Crippen LogP contribution in [0.2, 0.25) is 0 Å². The smallest absolute Gasteiger partial charge is 0.227 e. The van der Waals surface area contributed by atoms with Crippen molar-refractivity contribution < 1.29 is 9.90 Å². The molecule has 3 aliphatic rings. The molecule has 1 aromatic heterocycles. The molecule has 120 valence electrons. The van der Waals surface area contributed by atoms with Crippen LogP contribution in [0.25, 0.3) is 0 Å². The lowest BCUT2D eigenvalue weighted by Gasteiger charge is -2.22. The molecule has 5 heteroatoms. The number of nitrogens with zero attached hydrogens (tertiary/aromatic N) is 2. The van der Waals surface area contributed by atoms with Crippen molar-refractivity contribution in [2.24, 2.45) is 11.8 Å². The Labute approximate surface area is 135 Å². The van der Waals surface area contributed by atoms with Gasteiger partial charge in [0, 0.05) is 29.8 Å². The van der Waals surface area contributed by atoms with Gasteiger partial charge in [-0.2, -0.15) is 0 Å². The summed E-state index contributed by atoms with van der Waals surface area (Å²) in [4.78, 5) is 20.4. The molecule has 4 rings (SSSR count). The lowest BCUT2D eigenvalue weighted by atomic mass is 9.86. The Hall–Kier alpha value is -0.940.